The van der Waals surface area contributed by atoms with Crippen LogP contribution in [0, 0.1) is 6.92 Å². The Labute approximate surface area is 199 Å². The summed E-state index contributed by atoms with van der Waals surface area (Å²) in [6.45, 7) is 2.65. The van der Waals surface area contributed by atoms with Gasteiger partial charge in [0.05, 0.1) is 24.9 Å². The van der Waals surface area contributed by atoms with Crippen molar-refractivity contribution in [1.29, 1.82) is 0 Å². The van der Waals surface area contributed by atoms with Crippen LogP contribution in [0.1, 0.15) is 22.0 Å². The van der Waals surface area contributed by atoms with E-state index >= 15 is 0 Å². The van der Waals surface area contributed by atoms with Crippen molar-refractivity contribution >= 4 is 5.91 Å². The number of nitrogens with one attached hydrogen (secondary N) is 1. The summed E-state index contributed by atoms with van der Waals surface area (Å²) in [5, 5.41) is 19.1. The summed E-state index contributed by atoms with van der Waals surface area (Å²) in [5.74, 6) is 0.406. The SMILES string of the molecule is Cc1ccc(C(=O)N[C@H]2CO[C@H]3[C@@H]2OC[C@@H]3n2nnnc2Oc2ccc(-n3cncn3)cc2)cc1. The van der Waals surface area contributed by atoms with Crippen LogP contribution < -0.4 is 10.1 Å². The van der Waals surface area contributed by atoms with Crippen molar-refractivity contribution in [1.82, 2.24) is 40.3 Å². The summed E-state index contributed by atoms with van der Waals surface area (Å²) in [7, 11) is 0. The third-order valence-electron chi connectivity index (χ3n) is 6.16. The number of aromatic nitrogens is 7. The number of amides is 1. The lowest BCUT2D eigenvalue weighted by Gasteiger charge is -2.18. The van der Waals surface area contributed by atoms with Crippen molar-refractivity contribution in [2.45, 2.75) is 31.2 Å². The maximum Gasteiger partial charge on any atom is 0.341 e. The number of ether oxygens (including phenoxy) is 3. The zero-order chi connectivity index (χ0) is 23.8. The molecule has 0 aliphatic carbocycles. The molecular weight excluding hydrogens is 452 g/mol. The van der Waals surface area contributed by atoms with Crippen molar-refractivity contribution in [3.05, 3.63) is 72.3 Å². The molecule has 12 nitrogen and oxygen atoms in total. The molecule has 2 aliphatic rings. The van der Waals surface area contributed by atoms with E-state index < -0.39 is 0 Å². The van der Waals surface area contributed by atoms with Gasteiger partial charge in [0.25, 0.3) is 5.91 Å². The van der Waals surface area contributed by atoms with E-state index in [1.54, 1.807) is 40.0 Å². The van der Waals surface area contributed by atoms with Crippen LogP contribution in [0.2, 0.25) is 0 Å². The van der Waals surface area contributed by atoms with Gasteiger partial charge in [0.2, 0.25) is 0 Å². The molecule has 2 aliphatic heterocycles. The molecule has 4 heterocycles. The minimum Gasteiger partial charge on any atom is -0.423 e. The number of hydrogen-bond donors (Lipinski definition) is 1. The molecule has 4 atom stereocenters. The molecule has 178 valence electrons. The number of tetrazole rings is 1. The Hall–Kier alpha value is -4.16. The minimum atomic E-state index is -0.321. The number of hydrogen-bond acceptors (Lipinski definition) is 9. The molecule has 12 heteroatoms. The number of rotatable bonds is 6. The second kappa shape index (κ2) is 8.89. The van der Waals surface area contributed by atoms with Crippen molar-refractivity contribution < 1.29 is 19.0 Å². The summed E-state index contributed by atoms with van der Waals surface area (Å²) in [5.41, 5.74) is 2.54. The van der Waals surface area contributed by atoms with Crippen LogP contribution >= 0.6 is 0 Å². The summed E-state index contributed by atoms with van der Waals surface area (Å²) in [6.07, 6.45) is 2.46. The van der Waals surface area contributed by atoms with Gasteiger partial charge in [0.1, 0.15) is 36.7 Å². The molecule has 1 amide bonds. The second-order valence-electron chi connectivity index (χ2n) is 8.45. The van der Waals surface area contributed by atoms with Crippen LogP contribution in [-0.2, 0) is 9.47 Å². The third-order valence-corrected chi connectivity index (χ3v) is 6.16. The van der Waals surface area contributed by atoms with Gasteiger partial charge in [-0.15, -0.1) is 0 Å². The van der Waals surface area contributed by atoms with Crippen molar-refractivity contribution in [2.75, 3.05) is 13.2 Å². The molecule has 0 saturated carbocycles. The number of carbonyl (C=O) groups excluding carboxylic acids is 1. The number of benzene rings is 2. The Bertz CT molecular complexity index is 1310. The topological polar surface area (TPSA) is 131 Å². The largest absolute Gasteiger partial charge is 0.423 e. The van der Waals surface area contributed by atoms with Crippen LogP contribution in [-0.4, -0.2) is 72.3 Å². The van der Waals surface area contributed by atoms with Crippen molar-refractivity contribution in [3.63, 3.8) is 0 Å². The molecule has 2 fully saturated rings. The van der Waals surface area contributed by atoms with Gasteiger partial charge < -0.3 is 19.5 Å². The Morgan fingerprint density at radius 2 is 1.86 bits per heavy atom. The van der Waals surface area contributed by atoms with E-state index in [9.17, 15) is 4.79 Å². The number of nitrogens with zero attached hydrogens (tertiary/aromatic N) is 7. The van der Waals surface area contributed by atoms with Gasteiger partial charge in [-0.05, 0) is 53.7 Å². The normalized spacial score (nSPS) is 23.2. The number of aryl methyl sites for hydroxylation is 1. The smallest absolute Gasteiger partial charge is 0.341 e. The highest BCUT2D eigenvalue weighted by atomic mass is 16.6. The van der Waals surface area contributed by atoms with E-state index in [-0.39, 0.29) is 36.2 Å². The first-order valence-corrected chi connectivity index (χ1v) is 11.2. The second-order valence-corrected chi connectivity index (χ2v) is 8.45. The van der Waals surface area contributed by atoms with Gasteiger partial charge in [-0.2, -0.15) is 9.78 Å². The lowest BCUT2D eigenvalue weighted by molar-refractivity contribution is 0.0606. The first-order valence-electron chi connectivity index (χ1n) is 11.2. The zero-order valence-electron chi connectivity index (χ0n) is 18.8. The number of carbonyl (C=O) groups is 1. The van der Waals surface area contributed by atoms with Crippen LogP contribution in [0.5, 0.6) is 11.8 Å². The first-order chi connectivity index (χ1) is 17.2. The van der Waals surface area contributed by atoms with Crippen LogP contribution in [0.25, 0.3) is 5.69 Å². The highest BCUT2D eigenvalue weighted by molar-refractivity contribution is 5.94. The first kappa shape index (κ1) is 21.4. The Balaban J connectivity index is 1.13. The fourth-order valence-electron chi connectivity index (χ4n) is 4.34. The Kier molecular flexibility index (Phi) is 5.43. The average molecular weight is 474 g/mol. The van der Waals surface area contributed by atoms with E-state index in [4.69, 9.17) is 14.2 Å². The molecule has 35 heavy (non-hydrogen) atoms. The molecule has 0 spiro atoms. The summed E-state index contributed by atoms with van der Waals surface area (Å²) in [4.78, 5) is 16.6. The standard InChI is InChI=1S/C23H22N8O4/c1-14-2-4-15(5-3-14)22(32)26-18-10-33-21-19(11-34-20(18)21)31-23(27-28-29-31)35-17-8-6-16(7-9-17)30-13-24-12-25-30/h2-9,12-13,18-21H,10-11H2,1H3,(H,26,32)/t18-,19-,20+,21+/m0/s1. The number of fused-ring (bicyclic) bond motifs is 1. The van der Waals surface area contributed by atoms with Crippen LogP contribution in [0.15, 0.2) is 61.2 Å². The molecule has 2 aromatic heterocycles. The monoisotopic (exact) mass is 474 g/mol. The quantitative estimate of drug-likeness (QED) is 0.441. The van der Waals surface area contributed by atoms with E-state index in [1.807, 2.05) is 31.2 Å². The fourth-order valence-corrected chi connectivity index (χ4v) is 4.34. The predicted molar refractivity (Wildman–Crippen MR) is 120 cm³/mol. The minimum absolute atomic E-state index is 0.160. The van der Waals surface area contributed by atoms with Gasteiger partial charge in [-0.3, -0.25) is 4.79 Å². The molecule has 1 N–H and O–H groups in total. The molecule has 4 aromatic rings. The summed E-state index contributed by atoms with van der Waals surface area (Å²) < 4.78 is 21.2. The van der Waals surface area contributed by atoms with E-state index in [0.29, 0.717) is 24.5 Å². The summed E-state index contributed by atoms with van der Waals surface area (Å²) >= 11 is 0. The van der Waals surface area contributed by atoms with Crippen molar-refractivity contribution in [2.24, 2.45) is 0 Å². The van der Waals surface area contributed by atoms with Crippen LogP contribution in [0.3, 0.4) is 0 Å². The molecule has 2 aromatic carbocycles. The molecule has 2 saturated heterocycles. The molecule has 0 radical (unpaired) electrons. The molecule has 0 bridgehead atoms. The molecular formula is C23H22N8O4. The lowest BCUT2D eigenvalue weighted by atomic mass is 10.1. The predicted octanol–water partition coefficient (Wildman–Crippen LogP) is 1.49. The van der Waals surface area contributed by atoms with E-state index in [1.165, 1.54) is 6.33 Å². The fraction of sp³-hybridized carbons (Fsp3) is 0.304. The highest BCUT2D eigenvalue weighted by Crippen LogP contribution is 2.36. The maximum atomic E-state index is 12.7. The molecule has 6 rings (SSSR count). The maximum absolute atomic E-state index is 12.7. The van der Waals surface area contributed by atoms with Gasteiger partial charge >= 0.3 is 6.01 Å². The van der Waals surface area contributed by atoms with Crippen molar-refractivity contribution in [3.8, 4) is 17.4 Å². The van der Waals surface area contributed by atoms with Gasteiger partial charge in [0, 0.05) is 5.56 Å². The van der Waals surface area contributed by atoms with Crippen LogP contribution in [0.4, 0.5) is 0 Å². The Morgan fingerprint density at radius 1 is 1.06 bits per heavy atom. The zero-order valence-corrected chi connectivity index (χ0v) is 18.8. The average Bonchev–Trinajstić information content (AvgIpc) is 3.67. The van der Waals surface area contributed by atoms with Gasteiger partial charge in [-0.1, -0.05) is 22.8 Å². The molecule has 0 unspecified atom stereocenters. The van der Waals surface area contributed by atoms with E-state index in [2.05, 4.69) is 30.9 Å². The van der Waals surface area contributed by atoms with E-state index in [0.717, 1.165) is 11.3 Å². The lowest BCUT2D eigenvalue weighted by Crippen LogP contribution is -2.44. The van der Waals surface area contributed by atoms with Gasteiger partial charge in [0.15, 0.2) is 0 Å². The Morgan fingerprint density at radius 3 is 2.63 bits per heavy atom. The summed E-state index contributed by atoms with van der Waals surface area (Å²) in [6, 6.07) is 14.4. The highest BCUT2D eigenvalue weighted by Gasteiger charge is 2.50. The van der Waals surface area contributed by atoms with Gasteiger partial charge in [-0.25, -0.2) is 9.67 Å². The third kappa shape index (κ3) is 4.13.